The van der Waals surface area contributed by atoms with Gasteiger partial charge >= 0.3 is 6.18 Å². The van der Waals surface area contributed by atoms with E-state index < -0.39 is 48.2 Å². The number of carbonyl (C=O) groups excluding carboxylic acids is 2. The van der Waals surface area contributed by atoms with Crippen molar-refractivity contribution < 1.29 is 36.1 Å². The summed E-state index contributed by atoms with van der Waals surface area (Å²) >= 11 is 0. The highest BCUT2D eigenvalue weighted by molar-refractivity contribution is 7.89. The highest BCUT2D eigenvalue weighted by Gasteiger charge is 2.59. The van der Waals surface area contributed by atoms with Gasteiger partial charge in [0.05, 0.1) is 15.4 Å². The van der Waals surface area contributed by atoms with Gasteiger partial charge < -0.3 is 5.73 Å². The third-order valence-electron chi connectivity index (χ3n) is 9.26. The molecule has 1 amide bonds. The molecule has 13 heteroatoms. The van der Waals surface area contributed by atoms with E-state index in [1.807, 2.05) is 0 Å². The SMILES string of the molecule is NC(=O)C12CC3CC(C1)C(CC(=O)C1(NS(=O)(=O)c4ccc([N+](=O)[O-])c(C(F)(F)F)c4)CCC1)C(C3)C2. The summed E-state index contributed by atoms with van der Waals surface area (Å²) in [6.07, 6.45) is -0.116. The Hall–Kier alpha value is -2.54. The predicted molar refractivity (Wildman–Crippen MR) is 123 cm³/mol. The van der Waals surface area contributed by atoms with E-state index in [0.717, 1.165) is 25.3 Å². The highest BCUT2D eigenvalue weighted by Crippen LogP contribution is 2.63. The third-order valence-corrected chi connectivity index (χ3v) is 10.8. The van der Waals surface area contributed by atoms with Gasteiger partial charge in [-0.3, -0.25) is 19.7 Å². The fourth-order valence-corrected chi connectivity index (χ4v) is 9.00. The molecule has 5 aliphatic rings. The van der Waals surface area contributed by atoms with Crippen molar-refractivity contribution in [2.24, 2.45) is 34.8 Å². The summed E-state index contributed by atoms with van der Waals surface area (Å²) in [5.74, 6) is 0.125. The van der Waals surface area contributed by atoms with Crippen LogP contribution in [-0.2, 0) is 25.8 Å². The maximum Gasteiger partial charge on any atom is 0.423 e. The first-order valence-electron chi connectivity index (χ1n) is 12.4. The van der Waals surface area contributed by atoms with Gasteiger partial charge in [-0.2, -0.15) is 17.9 Å². The molecule has 0 aromatic heterocycles. The van der Waals surface area contributed by atoms with Crippen LogP contribution in [0, 0.1) is 39.2 Å². The number of benzene rings is 1. The fraction of sp³-hybridized carbons (Fsp3) is 0.667. The number of carbonyl (C=O) groups is 2. The van der Waals surface area contributed by atoms with Crippen molar-refractivity contribution in [2.75, 3.05) is 0 Å². The van der Waals surface area contributed by atoms with Crippen LogP contribution >= 0.6 is 0 Å². The Bertz CT molecular complexity index is 1260. The maximum atomic E-state index is 13.5. The smallest absolute Gasteiger partial charge is 0.369 e. The minimum absolute atomic E-state index is 0.00899. The Morgan fingerprint density at radius 3 is 2.24 bits per heavy atom. The van der Waals surface area contributed by atoms with Gasteiger partial charge in [0.1, 0.15) is 5.56 Å². The lowest BCUT2D eigenvalue weighted by atomic mass is 9.45. The van der Waals surface area contributed by atoms with Gasteiger partial charge in [-0.1, -0.05) is 0 Å². The Balaban J connectivity index is 1.36. The fourth-order valence-electron chi connectivity index (χ4n) is 7.53. The van der Waals surface area contributed by atoms with Crippen LogP contribution in [0.15, 0.2) is 23.1 Å². The molecule has 2 unspecified atom stereocenters. The molecule has 5 saturated carbocycles. The second-order valence-corrected chi connectivity index (χ2v) is 13.1. The Kier molecular flexibility index (Phi) is 5.98. The van der Waals surface area contributed by atoms with E-state index in [2.05, 4.69) is 4.72 Å². The molecule has 1 aromatic rings. The number of primary amides is 1. The first-order chi connectivity index (χ1) is 17.2. The van der Waals surface area contributed by atoms with E-state index in [1.165, 1.54) is 0 Å². The standard InChI is InChI=1S/C24H28F3N3O6S/c25-24(26,27)18-8-16(2-3-19(18)30(33)34)37(35,36)29-23(4-1-5-23)20(31)9-17-14-6-13-7-15(17)12-22(10-13,11-14)21(28)32/h2-3,8,13-15,17,29H,1,4-7,9-12H2,(H2,28,32). The largest absolute Gasteiger partial charge is 0.423 e. The number of hydrogen-bond acceptors (Lipinski definition) is 6. The monoisotopic (exact) mass is 543 g/mol. The molecule has 4 bridgehead atoms. The molecule has 2 atom stereocenters. The van der Waals surface area contributed by atoms with Gasteiger partial charge in [-0.05, 0) is 87.2 Å². The van der Waals surface area contributed by atoms with Crippen molar-refractivity contribution in [1.29, 1.82) is 0 Å². The van der Waals surface area contributed by atoms with Crippen LogP contribution in [0.3, 0.4) is 0 Å². The zero-order valence-corrected chi connectivity index (χ0v) is 20.7. The van der Waals surface area contributed by atoms with Gasteiger partial charge in [0.15, 0.2) is 5.78 Å². The molecule has 5 aliphatic carbocycles. The summed E-state index contributed by atoms with van der Waals surface area (Å²) in [6.45, 7) is 0. The average Bonchev–Trinajstić information content (AvgIpc) is 2.77. The number of sulfonamides is 1. The molecule has 37 heavy (non-hydrogen) atoms. The molecule has 0 saturated heterocycles. The van der Waals surface area contributed by atoms with Crippen LogP contribution in [0.1, 0.15) is 63.4 Å². The molecule has 5 fully saturated rings. The van der Waals surface area contributed by atoms with Crippen molar-refractivity contribution >= 4 is 27.4 Å². The molecule has 1 aromatic carbocycles. The number of amides is 1. The van der Waals surface area contributed by atoms with Crippen LogP contribution in [0.25, 0.3) is 0 Å². The average molecular weight is 544 g/mol. The zero-order valence-electron chi connectivity index (χ0n) is 19.9. The van der Waals surface area contributed by atoms with Crippen LogP contribution < -0.4 is 10.5 Å². The molecular formula is C24H28F3N3O6S. The van der Waals surface area contributed by atoms with Crippen molar-refractivity contribution in [2.45, 2.75) is 74.4 Å². The number of hydrogen-bond donors (Lipinski definition) is 2. The quantitative estimate of drug-likeness (QED) is 0.377. The van der Waals surface area contributed by atoms with Crippen molar-refractivity contribution in [3.63, 3.8) is 0 Å². The number of nitrogens with two attached hydrogens (primary N) is 1. The Morgan fingerprint density at radius 1 is 1.14 bits per heavy atom. The van der Waals surface area contributed by atoms with Crippen molar-refractivity contribution in [1.82, 2.24) is 4.72 Å². The normalized spacial score (nSPS) is 32.1. The molecule has 3 N–H and O–H groups in total. The highest BCUT2D eigenvalue weighted by atomic mass is 32.2. The molecule has 0 heterocycles. The molecule has 6 rings (SSSR count). The van der Waals surface area contributed by atoms with Crippen LogP contribution in [0.5, 0.6) is 0 Å². The molecule has 9 nitrogen and oxygen atoms in total. The summed E-state index contributed by atoms with van der Waals surface area (Å²) in [6, 6.07) is 1.49. The van der Waals surface area contributed by atoms with Gasteiger partial charge in [0.2, 0.25) is 15.9 Å². The summed E-state index contributed by atoms with van der Waals surface area (Å²) in [7, 11) is -4.59. The van der Waals surface area contributed by atoms with E-state index in [-0.39, 0.29) is 54.8 Å². The number of alkyl halides is 3. The number of Topliss-reactive ketones (excluding diaryl/α,β-unsaturated/α-hetero) is 1. The lowest BCUT2D eigenvalue weighted by Gasteiger charge is -2.59. The Labute approximate surface area is 211 Å². The van der Waals surface area contributed by atoms with E-state index in [1.54, 1.807) is 0 Å². The first-order valence-corrected chi connectivity index (χ1v) is 13.9. The summed E-state index contributed by atoms with van der Waals surface area (Å²) in [4.78, 5) is 34.8. The molecule has 0 spiro atoms. The van der Waals surface area contributed by atoms with Crippen LogP contribution in [0.2, 0.25) is 0 Å². The van der Waals surface area contributed by atoms with E-state index in [9.17, 15) is 41.3 Å². The summed E-state index contributed by atoms with van der Waals surface area (Å²) in [5.41, 5.74) is 0.870. The van der Waals surface area contributed by atoms with Crippen LogP contribution in [0.4, 0.5) is 18.9 Å². The lowest BCUT2D eigenvalue weighted by molar-refractivity contribution is -0.388. The number of nitrogens with one attached hydrogen (secondary N) is 1. The second kappa shape index (κ2) is 8.48. The first kappa shape index (κ1) is 26.1. The van der Waals surface area contributed by atoms with Gasteiger partial charge in [-0.15, -0.1) is 0 Å². The van der Waals surface area contributed by atoms with Crippen molar-refractivity contribution in [3.8, 4) is 0 Å². The van der Waals surface area contributed by atoms with E-state index in [0.29, 0.717) is 31.2 Å². The minimum Gasteiger partial charge on any atom is -0.369 e. The molecule has 202 valence electrons. The van der Waals surface area contributed by atoms with Gasteiger partial charge in [0, 0.05) is 17.9 Å². The summed E-state index contributed by atoms with van der Waals surface area (Å²) in [5, 5.41) is 11.0. The Morgan fingerprint density at radius 2 is 1.76 bits per heavy atom. The molecule has 0 radical (unpaired) electrons. The van der Waals surface area contributed by atoms with Crippen LogP contribution in [-0.4, -0.2) is 30.6 Å². The second-order valence-electron chi connectivity index (χ2n) is 11.4. The number of rotatable bonds is 8. The molecular weight excluding hydrogens is 515 g/mol. The zero-order chi connectivity index (χ0) is 27.0. The predicted octanol–water partition coefficient (Wildman–Crippen LogP) is 3.70. The maximum absolute atomic E-state index is 13.5. The minimum atomic E-state index is -5.14. The van der Waals surface area contributed by atoms with E-state index >= 15 is 0 Å². The van der Waals surface area contributed by atoms with E-state index in [4.69, 9.17) is 5.73 Å². The number of halogens is 3. The number of ketones is 1. The third kappa shape index (κ3) is 4.33. The number of nitro benzene ring substituents is 1. The van der Waals surface area contributed by atoms with Gasteiger partial charge in [0.25, 0.3) is 5.69 Å². The summed E-state index contributed by atoms with van der Waals surface area (Å²) < 4.78 is 68.8. The lowest BCUT2D eigenvalue weighted by Crippen LogP contribution is -2.61. The van der Waals surface area contributed by atoms with Gasteiger partial charge in [-0.25, -0.2) is 8.42 Å². The molecule has 0 aliphatic heterocycles. The van der Waals surface area contributed by atoms with Crippen molar-refractivity contribution in [3.05, 3.63) is 33.9 Å². The number of nitro groups is 1. The topological polar surface area (TPSA) is 149 Å². The number of nitrogens with zero attached hydrogens (tertiary/aromatic N) is 1.